The van der Waals surface area contributed by atoms with Gasteiger partial charge in [0.15, 0.2) is 0 Å². The molecular weight excluding hydrogens is 407 g/mol. The highest BCUT2D eigenvalue weighted by molar-refractivity contribution is 9.10. The normalized spacial score (nSPS) is 14.6. The molecule has 1 heterocycles. The van der Waals surface area contributed by atoms with Gasteiger partial charge in [0, 0.05) is 21.1 Å². The van der Waals surface area contributed by atoms with Gasteiger partial charge in [-0.15, -0.1) is 0 Å². The van der Waals surface area contributed by atoms with E-state index in [1.807, 2.05) is 26.0 Å². The molecule has 0 aliphatic heterocycles. The van der Waals surface area contributed by atoms with E-state index in [2.05, 4.69) is 37.0 Å². The van der Waals surface area contributed by atoms with Crippen LogP contribution in [-0.2, 0) is 5.60 Å². The first-order chi connectivity index (χ1) is 9.25. The third-order valence-electron chi connectivity index (χ3n) is 3.16. The second-order valence-corrected chi connectivity index (χ2v) is 7.25. The molecule has 1 unspecified atom stereocenters. The molecule has 2 aromatic rings. The van der Waals surface area contributed by atoms with Gasteiger partial charge < -0.3 is 5.11 Å². The maximum atomic E-state index is 11.0. The van der Waals surface area contributed by atoms with Crippen molar-refractivity contribution in [1.29, 1.82) is 0 Å². The van der Waals surface area contributed by atoms with Gasteiger partial charge in [0.1, 0.15) is 5.60 Å². The SMILES string of the molecule is CC(C)n1ncc(Br)c1C(C)(O)c1ccc(Br)cc1Cl. The Hall–Kier alpha value is -0.360. The quantitative estimate of drug-likeness (QED) is 0.764. The lowest BCUT2D eigenvalue weighted by Gasteiger charge is -2.28. The number of aliphatic hydroxyl groups is 1. The van der Waals surface area contributed by atoms with Crippen molar-refractivity contribution in [3.8, 4) is 0 Å². The number of hydrogen-bond acceptors (Lipinski definition) is 2. The molecule has 0 saturated carbocycles. The van der Waals surface area contributed by atoms with E-state index in [1.165, 1.54) is 0 Å². The first kappa shape index (κ1) is 16.0. The van der Waals surface area contributed by atoms with E-state index < -0.39 is 5.60 Å². The van der Waals surface area contributed by atoms with Crippen LogP contribution in [0.5, 0.6) is 0 Å². The number of halogens is 3. The average molecular weight is 423 g/mol. The van der Waals surface area contributed by atoms with Crippen LogP contribution in [0, 0.1) is 0 Å². The van der Waals surface area contributed by atoms with E-state index in [0.29, 0.717) is 16.3 Å². The summed E-state index contributed by atoms with van der Waals surface area (Å²) in [6.07, 6.45) is 1.69. The van der Waals surface area contributed by atoms with Crippen molar-refractivity contribution in [3.63, 3.8) is 0 Å². The second-order valence-electron chi connectivity index (χ2n) is 5.08. The fourth-order valence-electron chi connectivity index (χ4n) is 2.20. The highest BCUT2D eigenvalue weighted by atomic mass is 79.9. The van der Waals surface area contributed by atoms with E-state index >= 15 is 0 Å². The van der Waals surface area contributed by atoms with Gasteiger partial charge in [0.05, 0.1) is 16.4 Å². The first-order valence-corrected chi connectivity index (χ1v) is 8.13. The lowest BCUT2D eigenvalue weighted by Crippen LogP contribution is -2.28. The smallest absolute Gasteiger partial charge is 0.131 e. The van der Waals surface area contributed by atoms with Crippen molar-refractivity contribution in [2.75, 3.05) is 0 Å². The predicted octanol–water partition coefficient (Wildman–Crippen LogP) is 4.90. The maximum absolute atomic E-state index is 11.0. The Balaban J connectivity index is 2.63. The van der Waals surface area contributed by atoms with Gasteiger partial charge in [-0.25, -0.2) is 0 Å². The Morgan fingerprint density at radius 1 is 1.35 bits per heavy atom. The Kier molecular flexibility index (Phi) is 4.64. The van der Waals surface area contributed by atoms with Crippen LogP contribution in [0.3, 0.4) is 0 Å². The van der Waals surface area contributed by atoms with Crippen LogP contribution in [0.1, 0.15) is 38.1 Å². The van der Waals surface area contributed by atoms with Gasteiger partial charge in [-0.05, 0) is 48.8 Å². The zero-order valence-electron chi connectivity index (χ0n) is 11.4. The standard InChI is InChI=1S/C14H15Br2ClN2O/c1-8(2)19-13(11(16)7-18-19)14(3,20)10-5-4-9(15)6-12(10)17/h4-8,20H,1-3H3. The highest BCUT2D eigenvalue weighted by Gasteiger charge is 2.34. The van der Waals surface area contributed by atoms with Gasteiger partial charge >= 0.3 is 0 Å². The Morgan fingerprint density at radius 3 is 2.55 bits per heavy atom. The second kappa shape index (κ2) is 5.79. The molecule has 0 spiro atoms. The molecule has 0 fully saturated rings. The fourth-order valence-corrected chi connectivity index (χ4v) is 3.72. The summed E-state index contributed by atoms with van der Waals surface area (Å²) in [5.74, 6) is 0. The van der Waals surface area contributed by atoms with Gasteiger partial charge in [-0.2, -0.15) is 5.10 Å². The van der Waals surface area contributed by atoms with E-state index in [4.69, 9.17) is 11.6 Å². The largest absolute Gasteiger partial charge is 0.379 e. The van der Waals surface area contributed by atoms with E-state index in [0.717, 1.165) is 8.95 Å². The molecule has 0 saturated heterocycles. The topological polar surface area (TPSA) is 38.0 Å². The third kappa shape index (κ3) is 2.82. The zero-order chi connectivity index (χ0) is 15.1. The molecule has 1 atom stereocenters. The molecule has 1 aromatic carbocycles. The molecule has 0 aliphatic rings. The highest BCUT2D eigenvalue weighted by Crippen LogP contribution is 2.39. The van der Waals surface area contributed by atoms with Crippen molar-refractivity contribution in [2.45, 2.75) is 32.4 Å². The minimum Gasteiger partial charge on any atom is -0.379 e. The molecule has 3 nitrogen and oxygen atoms in total. The summed E-state index contributed by atoms with van der Waals surface area (Å²) in [6.45, 7) is 5.76. The van der Waals surface area contributed by atoms with Crippen LogP contribution in [-0.4, -0.2) is 14.9 Å². The van der Waals surface area contributed by atoms with E-state index in [1.54, 1.807) is 23.9 Å². The summed E-state index contributed by atoms with van der Waals surface area (Å²) < 4.78 is 3.43. The summed E-state index contributed by atoms with van der Waals surface area (Å²) in [5, 5.41) is 15.9. The molecule has 20 heavy (non-hydrogen) atoms. The number of hydrogen-bond donors (Lipinski definition) is 1. The van der Waals surface area contributed by atoms with Crippen molar-refractivity contribution in [3.05, 3.63) is 49.6 Å². The Bertz CT molecular complexity index is 638. The average Bonchev–Trinajstić information content (AvgIpc) is 2.71. The minimum absolute atomic E-state index is 0.136. The zero-order valence-corrected chi connectivity index (χ0v) is 15.3. The van der Waals surface area contributed by atoms with Crippen LogP contribution in [0.2, 0.25) is 5.02 Å². The number of aromatic nitrogens is 2. The lowest BCUT2D eigenvalue weighted by atomic mass is 9.92. The van der Waals surface area contributed by atoms with E-state index in [9.17, 15) is 5.11 Å². The monoisotopic (exact) mass is 420 g/mol. The number of rotatable bonds is 3. The van der Waals surface area contributed by atoms with Crippen LogP contribution in [0.25, 0.3) is 0 Å². The van der Waals surface area contributed by atoms with Crippen LogP contribution in [0.4, 0.5) is 0 Å². The predicted molar refractivity (Wildman–Crippen MR) is 88.1 cm³/mol. The summed E-state index contributed by atoms with van der Waals surface area (Å²) in [4.78, 5) is 0. The molecule has 0 amide bonds. The summed E-state index contributed by atoms with van der Waals surface area (Å²) in [6, 6.07) is 5.59. The van der Waals surface area contributed by atoms with E-state index in [-0.39, 0.29) is 6.04 Å². The fraction of sp³-hybridized carbons (Fsp3) is 0.357. The lowest BCUT2D eigenvalue weighted by molar-refractivity contribution is 0.0893. The molecule has 6 heteroatoms. The molecule has 108 valence electrons. The molecular formula is C14H15Br2ClN2O. The van der Waals surface area contributed by atoms with Crippen LogP contribution < -0.4 is 0 Å². The van der Waals surface area contributed by atoms with Gasteiger partial charge in [0.2, 0.25) is 0 Å². The summed E-state index contributed by atoms with van der Waals surface area (Å²) in [5.41, 5.74) is 0.0967. The number of nitrogens with zero attached hydrogens (tertiary/aromatic N) is 2. The van der Waals surface area contributed by atoms with Crippen molar-refractivity contribution >= 4 is 43.5 Å². The molecule has 1 aromatic heterocycles. The van der Waals surface area contributed by atoms with Gasteiger partial charge in [0.25, 0.3) is 0 Å². The molecule has 0 aliphatic carbocycles. The van der Waals surface area contributed by atoms with Crippen molar-refractivity contribution in [2.24, 2.45) is 0 Å². The number of benzene rings is 1. The Morgan fingerprint density at radius 2 is 2.00 bits per heavy atom. The maximum Gasteiger partial charge on any atom is 0.131 e. The van der Waals surface area contributed by atoms with Gasteiger partial charge in [-0.1, -0.05) is 33.6 Å². The van der Waals surface area contributed by atoms with Crippen molar-refractivity contribution < 1.29 is 5.11 Å². The minimum atomic E-state index is -1.24. The molecule has 0 bridgehead atoms. The summed E-state index contributed by atoms with van der Waals surface area (Å²) in [7, 11) is 0. The molecule has 2 rings (SSSR count). The Labute approximate surface area is 140 Å². The summed E-state index contributed by atoms with van der Waals surface area (Å²) >= 11 is 13.1. The van der Waals surface area contributed by atoms with Gasteiger partial charge in [-0.3, -0.25) is 4.68 Å². The first-order valence-electron chi connectivity index (χ1n) is 6.16. The molecule has 0 radical (unpaired) electrons. The van der Waals surface area contributed by atoms with Crippen LogP contribution in [0.15, 0.2) is 33.3 Å². The third-order valence-corrected chi connectivity index (χ3v) is 4.54. The van der Waals surface area contributed by atoms with Crippen LogP contribution >= 0.6 is 43.5 Å². The molecule has 1 N–H and O–H groups in total. The van der Waals surface area contributed by atoms with Crippen molar-refractivity contribution in [1.82, 2.24) is 9.78 Å².